The van der Waals surface area contributed by atoms with E-state index in [1.54, 1.807) is 23.6 Å². The normalized spacial score (nSPS) is 11.7. The lowest BCUT2D eigenvalue weighted by Gasteiger charge is -2.04. The number of hydrogen-bond donors (Lipinski definition) is 2. The van der Waals surface area contributed by atoms with Crippen LogP contribution in [0, 0.1) is 11.3 Å². The van der Waals surface area contributed by atoms with Gasteiger partial charge in [0.25, 0.3) is 5.91 Å². The zero-order valence-electron chi connectivity index (χ0n) is 11.0. The van der Waals surface area contributed by atoms with E-state index in [2.05, 4.69) is 16.4 Å². The lowest BCUT2D eigenvalue weighted by Crippen LogP contribution is -2.23. The molecule has 3 N–H and O–H groups in total. The summed E-state index contributed by atoms with van der Waals surface area (Å²) >= 11 is 1.37. The van der Waals surface area contributed by atoms with E-state index < -0.39 is 0 Å². The lowest BCUT2D eigenvalue weighted by molar-refractivity contribution is 0.0946. The number of aromatic nitrogens is 1. The van der Waals surface area contributed by atoms with Crippen molar-refractivity contribution in [1.82, 2.24) is 10.3 Å². The Labute approximate surface area is 121 Å². The van der Waals surface area contributed by atoms with Crippen LogP contribution in [-0.4, -0.2) is 10.9 Å². The van der Waals surface area contributed by atoms with Crippen LogP contribution in [0.1, 0.15) is 39.6 Å². The molecule has 0 spiro atoms. The van der Waals surface area contributed by atoms with Gasteiger partial charge in [-0.3, -0.25) is 4.79 Å². The third kappa shape index (κ3) is 3.41. The van der Waals surface area contributed by atoms with Crippen molar-refractivity contribution in [2.24, 2.45) is 5.73 Å². The number of nitrogens with two attached hydrogens (primary N) is 1. The Bertz CT molecular complexity index is 657. The third-order valence-corrected chi connectivity index (χ3v) is 3.70. The Kier molecular flexibility index (Phi) is 4.45. The minimum atomic E-state index is -0.240. The van der Waals surface area contributed by atoms with Gasteiger partial charge in [0.2, 0.25) is 0 Å². The van der Waals surface area contributed by atoms with Crippen molar-refractivity contribution < 1.29 is 4.79 Å². The summed E-state index contributed by atoms with van der Waals surface area (Å²) in [5.41, 5.74) is 7.53. The summed E-state index contributed by atoms with van der Waals surface area (Å²) < 4.78 is 0. The monoisotopic (exact) mass is 286 g/mol. The number of amides is 1. The minimum Gasteiger partial charge on any atom is -0.347 e. The number of thiazole rings is 1. The molecule has 6 heteroatoms. The fraction of sp³-hybridized carbons (Fsp3) is 0.214. The van der Waals surface area contributed by atoms with Gasteiger partial charge in [-0.15, -0.1) is 11.3 Å². The van der Waals surface area contributed by atoms with Gasteiger partial charge < -0.3 is 11.1 Å². The second-order valence-electron chi connectivity index (χ2n) is 4.35. The van der Waals surface area contributed by atoms with E-state index in [4.69, 9.17) is 11.0 Å². The highest BCUT2D eigenvalue weighted by Gasteiger charge is 2.12. The smallest absolute Gasteiger partial charge is 0.271 e. The predicted octanol–water partition coefficient (Wildman–Crippen LogP) is 1.96. The molecular weight excluding hydrogens is 272 g/mol. The number of benzene rings is 1. The van der Waals surface area contributed by atoms with Crippen molar-refractivity contribution >= 4 is 17.2 Å². The van der Waals surface area contributed by atoms with Gasteiger partial charge in [0.15, 0.2) is 0 Å². The van der Waals surface area contributed by atoms with Gasteiger partial charge >= 0.3 is 0 Å². The Morgan fingerprint density at radius 1 is 1.60 bits per heavy atom. The van der Waals surface area contributed by atoms with Crippen LogP contribution in [0.2, 0.25) is 0 Å². The molecule has 1 atom stereocenters. The number of carbonyl (C=O) groups is 1. The first-order chi connectivity index (χ1) is 9.60. The van der Waals surface area contributed by atoms with Crippen molar-refractivity contribution in [3.63, 3.8) is 0 Å². The molecule has 1 heterocycles. The summed E-state index contributed by atoms with van der Waals surface area (Å²) in [5, 5.41) is 14.0. The van der Waals surface area contributed by atoms with Crippen LogP contribution in [0.3, 0.4) is 0 Å². The van der Waals surface area contributed by atoms with Crippen LogP contribution in [0.5, 0.6) is 0 Å². The Balaban J connectivity index is 1.99. The molecule has 5 nitrogen and oxygen atoms in total. The average molecular weight is 286 g/mol. The highest BCUT2D eigenvalue weighted by molar-refractivity contribution is 7.09. The van der Waals surface area contributed by atoms with Crippen LogP contribution >= 0.6 is 11.3 Å². The minimum absolute atomic E-state index is 0.172. The van der Waals surface area contributed by atoms with Gasteiger partial charge in [-0.1, -0.05) is 12.1 Å². The van der Waals surface area contributed by atoms with E-state index in [0.717, 1.165) is 10.6 Å². The number of nitrogens with zero attached hydrogens (tertiary/aromatic N) is 2. The number of nitriles is 1. The van der Waals surface area contributed by atoms with Crippen LogP contribution in [0.25, 0.3) is 0 Å². The Hall–Kier alpha value is -2.23. The second-order valence-corrected chi connectivity index (χ2v) is 5.24. The van der Waals surface area contributed by atoms with E-state index in [-0.39, 0.29) is 11.9 Å². The van der Waals surface area contributed by atoms with Gasteiger partial charge in [0.05, 0.1) is 17.7 Å². The lowest BCUT2D eigenvalue weighted by atomic mass is 10.1. The average Bonchev–Trinajstić information content (AvgIpc) is 2.95. The molecule has 2 aromatic rings. The molecule has 0 aliphatic carbocycles. The molecule has 2 rings (SSSR count). The molecule has 1 aromatic carbocycles. The molecule has 0 bridgehead atoms. The first-order valence-corrected chi connectivity index (χ1v) is 6.96. The summed E-state index contributed by atoms with van der Waals surface area (Å²) in [4.78, 5) is 16.1. The van der Waals surface area contributed by atoms with Crippen molar-refractivity contribution in [2.75, 3.05) is 0 Å². The third-order valence-electron chi connectivity index (χ3n) is 2.65. The molecule has 0 aliphatic rings. The number of nitrogens with one attached hydrogen (secondary N) is 1. The van der Waals surface area contributed by atoms with E-state index in [1.165, 1.54) is 11.3 Å². The molecule has 1 unspecified atom stereocenters. The molecule has 102 valence electrons. The molecule has 1 amide bonds. The maximum atomic E-state index is 11.9. The fourth-order valence-corrected chi connectivity index (χ4v) is 2.38. The molecule has 0 saturated heterocycles. The molecule has 0 aliphatic heterocycles. The van der Waals surface area contributed by atoms with Crippen LogP contribution < -0.4 is 11.1 Å². The van der Waals surface area contributed by atoms with E-state index in [0.29, 0.717) is 17.8 Å². The highest BCUT2D eigenvalue weighted by Crippen LogP contribution is 2.15. The summed E-state index contributed by atoms with van der Waals surface area (Å²) in [7, 11) is 0. The van der Waals surface area contributed by atoms with Gasteiger partial charge in [0.1, 0.15) is 10.7 Å². The summed E-state index contributed by atoms with van der Waals surface area (Å²) in [6.45, 7) is 2.19. The maximum absolute atomic E-state index is 11.9. The number of hydrogen-bond acceptors (Lipinski definition) is 5. The molecule has 0 fully saturated rings. The van der Waals surface area contributed by atoms with E-state index in [1.807, 2.05) is 13.0 Å². The van der Waals surface area contributed by atoms with E-state index >= 15 is 0 Å². The zero-order chi connectivity index (χ0) is 14.5. The molecular formula is C14H14N4OS. The predicted molar refractivity (Wildman–Crippen MR) is 77.0 cm³/mol. The van der Waals surface area contributed by atoms with Gasteiger partial charge in [-0.2, -0.15) is 5.26 Å². The fourth-order valence-electron chi connectivity index (χ4n) is 1.62. The largest absolute Gasteiger partial charge is 0.347 e. The SMILES string of the molecule is CC(N)c1nc(C(=O)NCc2cccc(C#N)c2)cs1. The van der Waals surface area contributed by atoms with Gasteiger partial charge in [-0.25, -0.2) is 4.98 Å². The molecule has 1 aromatic heterocycles. The summed E-state index contributed by atoms with van der Waals surface area (Å²) in [6, 6.07) is 9.01. The van der Waals surface area contributed by atoms with Crippen molar-refractivity contribution in [3.05, 3.63) is 51.5 Å². The zero-order valence-corrected chi connectivity index (χ0v) is 11.8. The van der Waals surface area contributed by atoms with Gasteiger partial charge in [-0.05, 0) is 24.6 Å². The first-order valence-electron chi connectivity index (χ1n) is 6.08. The van der Waals surface area contributed by atoms with Crippen molar-refractivity contribution in [1.29, 1.82) is 5.26 Å². The molecule has 0 radical (unpaired) electrons. The van der Waals surface area contributed by atoms with Crippen LogP contribution in [0.4, 0.5) is 0 Å². The van der Waals surface area contributed by atoms with Crippen molar-refractivity contribution in [3.8, 4) is 6.07 Å². The molecule has 20 heavy (non-hydrogen) atoms. The number of rotatable bonds is 4. The quantitative estimate of drug-likeness (QED) is 0.898. The summed E-state index contributed by atoms with van der Waals surface area (Å²) in [5.74, 6) is -0.240. The van der Waals surface area contributed by atoms with Crippen LogP contribution in [-0.2, 0) is 6.54 Å². The standard InChI is InChI=1S/C14H14N4OS/c1-9(16)14-18-12(8-20-14)13(19)17-7-11-4-2-3-10(5-11)6-15/h2-5,8-9H,7,16H2,1H3,(H,17,19). The topological polar surface area (TPSA) is 91.8 Å². The molecule has 0 saturated carbocycles. The van der Waals surface area contributed by atoms with E-state index in [9.17, 15) is 4.79 Å². The second kappa shape index (κ2) is 6.28. The van der Waals surface area contributed by atoms with Crippen LogP contribution in [0.15, 0.2) is 29.6 Å². The Morgan fingerprint density at radius 3 is 3.05 bits per heavy atom. The highest BCUT2D eigenvalue weighted by atomic mass is 32.1. The Morgan fingerprint density at radius 2 is 2.40 bits per heavy atom. The van der Waals surface area contributed by atoms with Gasteiger partial charge in [0, 0.05) is 11.9 Å². The summed E-state index contributed by atoms with van der Waals surface area (Å²) in [6.07, 6.45) is 0. The number of carbonyl (C=O) groups excluding carboxylic acids is 1. The first kappa shape index (κ1) is 14.2. The maximum Gasteiger partial charge on any atom is 0.271 e. The van der Waals surface area contributed by atoms with Crippen molar-refractivity contribution in [2.45, 2.75) is 19.5 Å².